The van der Waals surface area contributed by atoms with E-state index in [1.54, 1.807) is 29.0 Å². The first kappa shape index (κ1) is 13.3. The largest absolute Gasteiger partial charge is 0.312 e. The number of hydrogen-bond donors (Lipinski definition) is 0. The van der Waals surface area contributed by atoms with Gasteiger partial charge in [0.05, 0.1) is 15.7 Å². The summed E-state index contributed by atoms with van der Waals surface area (Å²) in [5.74, 6) is 0.314. The van der Waals surface area contributed by atoms with Gasteiger partial charge in [-0.05, 0) is 25.0 Å². The van der Waals surface area contributed by atoms with Crippen LogP contribution in [-0.2, 0) is 0 Å². The van der Waals surface area contributed by atoms with E-state index in [9.17, 15) is 14.9 Å². The lowest BCUT2D eigenvalue weighted by Gasteiger charge is -2.19. The molecule has 1 aromatic heterocycles. The van der Waals surface area contributed by atoms with Crippen molar-refractivity contribution in [1.29, 1.82) is 0 Å². The molecule has 2 aromatic rings. The number of rotatable bonds is 3. The first-order valence-corrected chi connectivity index (χ1v) is 6.21. The fourth-order valence-corrected chi connectivity index (χ4v) is 2.08. The molecule has 0 saturated heterocycles. The van der Waals surface area contributed by atoms with E-state index >= 15 is 0 Å². The van der Waals surface area contributed by atoms with Crippen molar-refractivity contribution in [2.24, 2.45) is 5.92 Å². The fourth-order valence-electron chi connectivity index (χ4n) is 2.08. The summed E-state index contributed by atoms with van der Waals surface area (Å²) in [6.07, 6.45) is 1.64. The molecule has 0 aliphatic heterocycles. The third kappa shape index (κ3) is 2.23. The van der Waals surface area contributed by atoms with Gasteiger partial charge in [0.2, 0.25) is 0 Å². The van der Waals surface area contributed by atoms with Crippen LogP contribution in [0.15, 0.2) is 35.3 Å². The maximum absolute atomic E-state index is 12.4. The van der Waals surface area contributed by atoms with Crippen molar-refractivity contribution in [3.05, 3.63) is 50.9 Å². The minimum Gasteiger partial charge on any atom is -0.312 e. The molecule has 19 heavy (non-hydrogen) atoms. The zero-order valence-electron chi connectivity index (χ0n) is 11.2. The van der Waals surface area contributed by atoms with E-state index in [4.69, 9.17) is 0 Å². The van der Waals surface area contributed by atoms with Crippen LogP contribution in [0.1, 0.15) is 26.8 Å². The number of benzene rings is 1. The van der Waals surface area contributed by atoms with Gasteiger partial charge in [-0.25, -0.2) is 0 Å². The average Bonchev–Trinajstić information content (AvgIpc) is 2.37. The lowest BCUT2D eigenvalue weighted by molar-refractivity contribution is -0.383. The lowest BCUT2D eigenvalue weighted by atomic mass is 10.1. The molecular weight excluding hydrogens is 244 g/mol. The topological polar surface area (TPSA) is 65.1 Å². The number of nitro benzene ring substituents is 1. The van der Waals surface area contributed by atoms with E-state index in [0.29, 0.717) is 16.7 Å². The third-order valence-electron chi connectivity index (χ3n) is 3.55. The highest BCUT2D eigenvalue weighted by Crippen LogP contribution is 2.24. The van der Waals surface area contributed by atoms with Gasteiger partial charge in [-0.1, -0.05) is 19.9 Å². The normalized spacial score (nSPS) is 12.8. The Bertz CT molecular complexity index is 689. The van der Waals surface area contributed by atoms with Crippen LogP contribution in [0.25, 0.3) is 10.8 Å². The van der Waals surface area contributed by atoms with Crippen LogP contribution in [0.4, 0.5) is 5.69 Å². The summed E-state index contributed by atoms with van der Waals surface area (Å²) in [5.41, 5.74) is -0.207. The summed E-state index contributed by atoms with van der Waals surface area (Å²) in [6.45, 7) is 6.04. The number of aromatic nitrogens is 1. The Labute approximate surface area is 110 Å². The molecule has 0 N–H and O–H groups in total. The highest BCUT2D eigenvalue weighted by Gasteiger charge is 2.17. The molecule has 0 bridgehead atoms. The van der Waals surface area contributed by atoms with Gasteiger partial charge in [0, 0.05) is 18.3 Å². The number of nitro groups is 1. The van der Waals surface area contributed by atoms with Gasteiger partial charge in [-0.15, -0.1) is 0 Å². The fraction of sp³-hybridized carbons (Fsp3) is 0.357. The molecule has 0 saturated carbocycles. The second kappa shape index (κ2) is 4.84. The molecule has 0 spiro atoms. The monoisotopic (exact) mass is 260 g/mol. The summed E-state index contributed by atoms with van der Waals surface area (Å²) < 4.78 is 1.64. The summed E-state index contributed by atoms with van der Waals surface area (Å²) in [7, 11) is 0. The van der Waals surface area contributed by atoms with Crippen molar-refractivity contribution in [3.8, 4) is 0 Å². The third-order valence-corrected chi connectivity index (χ3v) is 3.55. The van der Waals surface area contributed by atoms with Gasteiger partial charge in [-0.2, -0.15) is 0 Å². The highest BCUT2D eigenvalue weighted by molar-refractivity contribution is 5.89. The summed E-state index contributed by atoms with van der Waals surface area (Å²) in [6, 6.07) is 6.29. The molecule has 0 aliphatic carbocycles. The van der Waals surface area contributed by atoms with Crippen LogP contribution in [0.3, 0.4) is 0 Å². The summed E-state index contributed by atoms with van der Waals surface area (Å²) >= 11 is 0. The Morgan fingerprint density at radius 1 is 1.16 bits per heavy atom. The van der Waals surface area contributed by atoms with Gasteiger partial charge < -0.3 is 4.57 Å². The van der Waals surface area contributed by atoms with Gasteiger partial charge in [0.25, 0.3) is 11.2 Å². The van der Waals surface area contributed by atoms with E-state index in [0.717, 1.165) is 0 Å². The number of hydrogen-bond acceptors (Lipinski definition) is 3. The minimum absolute atomic E-state index is 0.0287. The van der Waals surface area contributed by atoms with Crippen LogP contribution < -0.4 is 5.56 Å². The SMILES string of the molecule is CC(C)[C@@H](C)n1ccc2c([N+](=O)[O-])cccc2c1=O. The highest BCUT2D eigenvalue weighted by atomic mass is 16.6. The van der Waals surface area contributed by atoms with E-state index in [2.05, 4.69) is 0 Å². The standard InChI is InChI=1S/C14H16N2O3/c1-9(2)10(3)15-8-7-11-12(14(15)17)5-4-6-13(11)16(18)19/h4-10H,1-3H3/t10-/m1/s1. The second-order valence-corrected chi connectivity index (χ2v) is 5.01. The van der Waals surface area contributed by atoms with Crippen molar-refractivity contribution < 1.29 is 4.92 Å². The maximum atomic E-state index is 12.4. The number of pyridine rings is 1. The first-order chi connectivity index (χ1) is 8.93. The van der Waals surface area contributed by atoms with Crippen molar-refractivity contribution in [1.82, 2.24) is 4.57 Å². The number of fused-ring (bicyclic) bond motifs is 1. The average molecular weight is 260 g/mol. The molecule has 1 heterocycles. The Balaban J connectivity index is 2.74. The molecular formula is C14H16N2O3. The molecule has 100 valence electrons. The molecule has 0 fully saturated rings. The maximum Gasteiger partial charge on any atom is 0.277 e. The number of non-ortho nitro benzene ring substituents is 1. The molecule has 5 heteroatoms. The van der Waals surface area contributed by atoms with Gasteiger partial charge in [-0.3, -0.25) is 14.9 Å². The molecule has 1 aromatic carbocycles. The van der Waals surface area contributed by atoms with Crippen LogP contribution in [-0.4, -0.2) is 9.49 Å². The quantitative estimate of drug-likeness (QED) is 0.629. The van der Waals surface area contributed by atoms with E-state index in [1.165, 1.54) is 6.07 Å². The van der Waals surface area contributed by atoms with Crippen LogP contribution in [0.5, 0.6) is 0 Å². The van der Waals surface area contributed by atoms with Gasteiger partial charge in [0.1, 0.15) is 0 Å². The summed E-state index contributed by atoms with van der Waals surface area (Å²) in [5, 5.41) is 11.7. The summed E-state index contributed by atoms with van der Waals surface area (Å²) in [4.78, 5) is 22.9. The van der Waals surface area contributed by atoms with Crippen LogP contribution in [0.2, 0.25) is 0 Å². The first-order valence-electron chi connectivity index (χ1n) is 6.21. The molecule has 0 unspecified atom stereocenters. The lowest BCUT2D eigenvalue weighted by Crippen LogP contribution is -2.25. The molecule has 0 aliphatic rings. The Kier molecular flexibility index (Phi) is 3.38. The van der Waals surface area contributed by atoms with Gasteiger partial charge >= 0.3 is 0 Å². The second-order valence-electron chi connectivity index (χ2n) is 5.01. The predicted molar refractivity (Wildman–Crippen MR) is 74.4 cm³/mol. The zero-order valence-corrected chi connectivity index (χ0v) is 11.2. The van der Waals surface area contributed by atoms with Crippen LogP contribution >= 0.6 is 0 Å². The zero-order chi connectivity index (χ0) is 14.2. The smallest absolute Gasteiger partial charge is 0.277 e. The van der Waals surface area contributed by atoms with Gasteiger partial charge in [0.15, 0.2) is 0 Å². The minimum atomic E-state index is -0.460. The van der Waals surface area contributed by atoms with Crippen molar-refractivity contribution in [2.75, 3.05) is 0 Å². The van der Waals surface area contributed by atoms with E-state index < -0.39 is 4.92 Å². The Hall–Kier alpha value is -2.17. The van der Waals surface area contributed by atoms with Crippen LogP contribution in [0, 0.1) is 16.0 Å². The van der Waals surface area contributed by atoms with Crippen molar-refractivity contribution in [3.63, 3.8) is 0 Å². The Morgan fingerprint density at radius 2 is 1.84 bits per heavy atom. The molecule has 5 nitrogen and oxygen atoms in total. The number of nitrogens with zero attached hydrogens (tertiary/aromatic N) is 2. The van der Waals surface area contributed by atoms with Crippen molar-refractivity contribution in [2.45, 2.75) is 26.8 Å². The van der Waals surface area contributed by atoms with E-state index in [1.807, 2.05) is 20.8 Å². The Morgan fingerprint density at radius 3 is 2.42 bits per heavy atom. The molecule has 2 rings (SSSR count). The molecule has 0 amide bonds. The molecule has 0 radical (unpaired) electrons. The molecule has 1 atom stereocenters. The van der Waals surface area contributed by atoms with E-state index in [-0.39, 0.29) is 17.3 Å². The van der Waals surface area contributed by atoms with Crippen molar-refractivity contribution >= 4 is 16.5 Å². The predicted octanol–water partition coefficient (Wildman–Crippen LogP) is 3.13.